The number of aromatic nitrogens is 1. The topological polar surface area (TPSA) is 54.0 Å². The number of fused-ring (bicyclic) bond motifs is 2. The van der Waals surface area contributed by atoms with E-state index in [0.717, 1.165) is 22.6 Å². The second-order valence-electron chi connectivity index (χ2n) is 6.16. The molecule has 5 heteroatoms. The lowest BCUT2D eigenvalue weighted by atomic mass is 9.95. The van der Waals surface area contributed by atoms with Crippen LogP contribution in [0.5, 0.6) is 0 Å². The van der Waals surface area contributed by atoms with Crippen LogP contribution in [-0.2, 0) is 0 Å². The molecule has 2 aliphatic rings. The molecule has 2 aromatic rings. The van der Waals surface area contributed by atoms with E-state index in [9.17, 15) is 4.79 Å². The highest BCUT2D eigenvalue weighted by Gasteiger charge is 2.40. The molecule has 3 unspecified atom stereocenters. The first-order chi connectivity index (χ1) is 10.7. The molecule has 4 rings (SSSR count). The lowest BCUT2D eigenvalue weighted by molar-refractivity contribution is 0.0930. The molecule has 3 heterocycles. The second kappa shape index (κ2) is 5.48. The van der Waals surface area contributed by atoms with Crippen molar-refractivity contribution in [3.05, 3.63) is 41.0 Å². The maximum atomic E-state index is 12.5. The zero-order chi connectivity index (χ0) is 15.1. The lowest BCUT2D eigenvalue weighted by Gasteiger charge is -2.20. The van der Waals surface area contributed by atoms with Crippen molar-refractivity contribution in [3.8, 4) is 10.4 Å². The maximum Gasteiger partial charge on any atom is 0.280 e. The summed E-state index contributed by atoms with van der Waals surface area (Å²) in [5, 5.41) is 7.28. The van der Waals surface area contributed by atoms with Gasteiger partial charge in [-0.25, -0.2) is 4.98 Å². The predicted molar refractivity (Wildman–Crippen MR) is 88.1 cm³/mol. The largest absolute Gasteiger partial charge is 0.346 e. The molecule has 0 radical (unpaired) electrons. The molecule has 0 saturated carbocycles. The van der Waals surface area contributed by atoms with Gasteiger partial charge in [0.05, 0.1) is 10.6 Å². The van der Waals surface area contributed by atoms with Gasteiger partial charge in [0.25, 0.3) is 5.91 Å². The van der Waals surface area contributed by atoms with Crippen LogP contribution in [0, 0.1) is 6.92 Å². The molecule has 114 valence electrons. The highest BCUT2D eigenvalue weighted by Crippen LogP contribution is 2.31. The van der Waals surface area contributed by atoms with E-state index < -0.39 is 0 Å². The smallest absolute Gasteiger partial charge is 0.280 e. The van der Waals surface area contributed by atoms with Crippen LogP contribution >= 0.6 is 11.3 Å². The summed E-state index contributed by atoms with van der Waals surface area (Å²) in [6.07, 6.45) is 3.46. The van der Waals surface area contributed by atoms with Crippen LogP contribution in [0.3, 0.4) is 0 Å². The summed E-state index contributed by atoms with van der Waals surface area (Å²) in [6.45, 7) is 1.97. The van der Waals surface area contributed by atoms with Crippen LogP contribution in [-0.4, -0.2) is 29.0 Å². The van der Waals surface area contributed by atoms with Gasteiger partial charge in [0.2, 0.25) is 0 Å². The van der Waals surface area contributed by atoms with Crippen LogP contribution in [0.1, 0.15) is 34.8 Å². The highest BCUT2D eigenvalue weighted by atomic mass is 32.1. The van der Waals surface area contributed by atoms with Crippen molar-refractivity contribution in [3.63, 3.8) is 0 Å². The van der Waals surface area contributed by atoms with Gasteiger partial charge in [-0.3, -0.25) is 4.79 Å². The molecule has 3 atom stereocenters. The van der Waals surface area contributed by atoms with Crippen molar-refractivity contribution < 1.29 is 4.79 Å². The van der Waals surface area contributed by atoms with Crippen LogP contribution in [0.15, 0.2) is 30.3 Å². The molecule has 1 amide bonds. The molecule has 0 spiro atoms. The molecule has 2 fully saturated rings. The number of hydrogen-bond donors (Lipinski definition) is 2. The van der Waals surface area contributed by atoms with Gasteiger partial charge in [-0.15, -0.1) is 11.3 Å². The van der Waals surface area contributed by atoms with Crippen LogP contribution in [0.25, 0.3) is 10.4 Å². The average Bonchev–Trinajstić information content (AvgIpc) is 3.23. The number of thiazole rings is 1. The first kappa shape index (κ1) is 13.9. The molecule has 1 aromatic carbocycles. The molecule has 2 N–H and O–H groups in total. The first-order valence-corrected chi connectivity index (χ1v) is 8.62. The number of rotatable bonds is 3. The van der Waals surface area contributed by atoms with Gasteiger partial charge in [-0.05, 0) is 31.7 Å². The predicted octanol–water partition coefficient (Wildman–Crippen LogP) is 2.74. The Morgan fingerprint density at radius 1 is 1.32 bits per heavy atom. The van der Waals surface area contributed by atoms with Crippen molar-refractivity contribution in [1.82, 2.24) is 15.6 Å². The number of benzene rings is 1. The van der Waals surface area contributed by atoms with Crippen molar-refractivity contribution in [2.75, 3.05) is 0 Å². The van der Waals surface area contributed by atoms with E-state index in [0.29, 0.717) is 17.1 Å². The molecule has 0 aliphatic carbocycles. The molecule has 4 nitrogen and oxygen atoms in total. The number of nitrogens with one attached hydrogen (secondary N) is 2. The zero-order valence-corrected chi connectivity index (χ0v) is 13.3. The second-order valence-corrected chi connectivity index (χ2v) is 7.16. The Balaban J connectivity index is 1.52. The van der Waals surface area contributed by atoms with Gasteiger partial charge in [0.15, 0.2) is 5.01 Å². The van der Waals surface area contributed by atoms with Gasteiger partial charge < -0.3 is 10.6 Å². The van der Waals surface area contributed by atoms with Gasteiger partial charge in [0.1, 0.15) is 0 Å². The third-order valence-electron chi connectivity index (χ3n) is 4.64. The third kappa shape index (κ3) is 2.44. The monoisotopic (exact) mass is 313 g/mol. The fourth-order valence-corrected chi connectivity index (χ4v) is 4.54. The van der Waals surface area contributed by atoms with Gasteiger partial charge >= 0.3 is 0 Å². The Kier molecular flexibility index (Phi) is 3.47. The van der Waals surface area contributed by atoms with E-state index in [2.05, 4.69) is 27.8 Å². The van der Waals surface area contributed by atoms with E-state index in [1.807, 2.05) is 25.1 Å². The maximum absolute atomic E-state index is 12.5. The minimum absolute atomic E-state index is 0.0327. The minimum Gasteiger partial charge on any atom is -0.346 e. The highest BCUT2D eigenvalue weighted by molar-refractivity contribution is 7.17. The summed E-state index contributed by atoms with van der Waals surface area (Å²) in [6, 6.07) is 11.4. The molecule has 1 aromatic heterocycles. The first-order valence-electron chi connectivity index (χ1n) is 7.80. The molecular weight excluding hydrogens is 294 g/mol. The lowest BCUT2D eigenvalue weighted by Crippen LogP contribution is -2.42. The van der Waals surface area contributed by atoms with Crippen LogP contribution in [0.4, 0.5) is 0 Å². The van der Waals surface area contributed by atoms with Crippen molar-refractivity contribution in [2.24, 2.45) is 0 Å². The van der Waals surface area contributed by atoms with Gasteiger partial charge in [0, 0.05) is 18.1 Å². The normalized spacial score (nSPS) is 26.3. The summed E-state index contributed by atoms with van der Waals surface area (Å²) < 4.78 is 0. The fraction of sp³-hybridized carbons (Fsp3) is 0.412. The third-order valence-corrected chi connectivity index (χ3v) is 5.85. The quantitative estimate of drug-likeness (QED) is 0.916. The van der Waals surface area contributed by atoms with Gasteiger partial charge in [-0.2, -0.15) is 0 Å². The van der Waals surface area contributed by atoms with Crippen LogP contribution in [0.2, 0.25) is 0 Å². The zero-order valence-electron chi connectivity index (χ0n) is 12.5. The van der Waals surface area contributed by atoms with Gasteiger partial charge in [-0.1, -0.05) is 30.3 Å². The number of amides is 1. The summed E-state index contributed by atoms with van der Waals surface area (Å²) in [5.41, 5.74) is 2.05. The molecular formula is C17H19N3OS. The molecule has 2 aliphatic heterocycles. The number of carbonyl (C=O) groups is 1. The van der Waals surface area contributed by atoms with Crippen molar-refractivity contribution >= 4 is 17.2 Å². The molecule has 2 saturated heterocycles. The SMILES string of the molecule is Cc1nc(C(=O)NC2CC3CCC2N3)sc1-c1ccccc1. The Morgan fingerprint density at radius 3 is 2.82 bits per heavy atom. The summed E-state index contributed by atoms with van der Waals surface area (Å²) in [4.78, 5) is 18.0. The number of hydrogen-bond acceptors (Lipinski definition) is 4. The van der Waals surface area contributed by atoms with Crippen molar-refractivity contribution in [1.29, 1.82) is 0 Å². The van der Waals surface area contributed by atoms with E-state index in [4.69, 9.17) is 0 Å². The number of nitrogens with zero attached hydrogens (tertiary/aromatic N) is 1. The summed E-state index contributed by atoms with van der Waals surface area (Å²) in [7, 11) is 0. The Labute approximate surface area is 134 Å². The van der Waals surface area contributed by atoms with E-state index >= 15 is 0 Å². The Bertz CT molecular complexity index is 697. The average molecular weight is 313 g/mol. The Hall–Kier alpha value is -1.72. The summed E-state index contributed by atoms with van der Waals surface area (Å²) in [5.74, 6) is -0.0327. The standard InChI is InChI=1S/C17H19N3OS/c1-10-15(11-5-3-2-4-6-11)22-17(18-10)16(21)20-14-9-12-7-8-13(14)19-12/h2-6,12-14,19H,7-9H2,1H3,(H,20,21). The Morgan fingerprint density at radius 2 is 2.14 bits per heavy atom. The van der Waals surface area contributed by atoms with Crippen molar-refractivity contribution in [2.45, 2.75) is 44.3 Å². The molecule has 22 heavy (non-hydrogen) atoms. The summed E-state index contributed by atoms with van der Waals surface area (Å²) >= 11 is 1.48. The van der Waals surface area contributed by atoms with E-state index in [-0.39, 0.29) is 11.9 Å². The van der Waals surface area contributed by atoms with E-state index in [1.165, 1.54) is 24.2 Å². The number of carbonyl (C=O) groups excluding carboxylic acids is 1. The minimum atomic E-state index is -0.0327. The molecule has 2 bridgehead atoms. The van der Waals surface area contributed by atoms with Crippen LogP contribution < -0.4 is 10.6 Å². The van der Waals surface area contributed by atoms with E-state index in [1.54, 1.807) is 0 Å². The fourth-order valence-electron chi connectivity index (χ4n) is 3.56. The number of aryl methyl sites for hydroxylation is 1.